The lowest BCUT2D eigenvalue weighted by atomic mass is 9.81. The van der Waals surface area contributed by atoms with Crippen molar-refractivity contribution < 1.29 is 34.1 Å². The molecule has 36 heavy (non-hydrogen) atoms. The number of phenolic OH excluding ortho intramolecular Hbond substituents is 1. The van der Waals surface area contributed by atoms with Gasteiger partial charge in [0, 0.05) is 11.3 Å². The van der Waals surface area contributed by atoms with Crippen molar-refractivity contribution in [3.05, 3.63) is 53.6 Å². The first-order chi connectivity index (χ1) is 17.0. The zero-order valence-electron chi connectivity index (χ0n) is 21.5. The molecule has 0 fully saturated rings. The SMILES string of the molecule is CCOC(=O)C(C)Nc1ccccc1C(=O)[C@H](CC(=O)O)NCCC(C)(C)c1ccc(OC)c(O)c1. The van der Waals surface area contributed by atoms with Crippen molar-refractivity contribution in [2.24, 2.45) is 0 Å². The molecule has 2 rings (SSSR count). The van der Waals surface area contributed by atoms with Gasteiger partial charge < -0.3 is 30.3 Å². The molecule has 0 bridgehead atoms. The summed E-state index contributed by atoms with van der Waals surface area (Å²) in [7, 11) is 1.48. The Balaban J connectivity index is 2.16. The maximum Gasteiger partial charge on any atom is 0.328 e. The van der Waals surface area contributed by atoms with Gasteiger partial charge in [0.25, 0.3) is 0 Å². The number of anilines is 1. The predicted octanol–water partition coefficient (Wildman–Crippen LogP) is 3.75. The Kier molecular flexibility index (Phi) is 10.3. The summed E-state index contributed by atoms with van der Waals surface area (Å²) in [5, 5.41) is 25.7. The van der Waals surface area contributed by atoms with E-state index in [-0.39, 0.29) is 23.3 Å². The average Bonchev–Trinajstić information content (AvgIpc) is 2.83. The van der Waals surface area contributed by atoms with Crippen LogP contribution in [0.3, 0.4) is 0 Å². The lowest BCUT2D eigenvalue weighted by Gasteiger charge is -2.27. The minimum Gasteiger partial charge on any atom is -0.504 e. The van der Waals surface area contributed by atoms with Gasteiger partial charge in [-0.2, -0.15) is 0 Å². The molecule has 0 spiro atoms. The number of aromatic hydroxyl groups is 1. The van der Waals surface area contributed by atoms with Crippen molar-refractivity contribution in [3.63, 3.8) is 0 Å². The van der Waals surface area contributed by atoms with Crippen LogP contribution in [0.5, 0.6) is 11.5 Å². The fourth-order valence-electron chi connectivity index (χ4n) is 3.82. The van der Waals surface area contributed by atoms with E-state index in [1.54, 1.807) is 50.2 Å². The fourth-order valence-corrected chi connectivity index (χ4v) is 3.82. The van der Waals surface area contributed by atoms with Crippen LogP contribution in [-0.2, 0) is 19.7 Å². The van der Waals surface area contributed by atoms with Crippen LogP contribution < -0.4 is 15.4 Å². The number of carboxylic acid groups (broad SMARTS) is 1. The van der Waals surface area contributed by atoms with Gasteiger partial charge in [-0.3, -0.25) is 9.59 Å². The van der Waals surface area contributed by atoms with Gasteiger partial charge in [-0.25, -0.2) is 4.79 Å². The Morgan fingerprint density at radius 2 is 1.81 bits per heavy atom. The second-order valence-corrected chi connectivity index (χ2v) is 9.15. The number of para-hydroxylation sites is 1. The molecule has 9 nitrogen and oxygen atoms in total. The van der Waals surface area contributed by atoms with E-state index in [2.05, 4.69) is 10.6 Å². The summed E-state index contributed by atoms with van der Waals surface area (Å²) in [5.74, 6) is -1.53. The van der Waals surface area contributed by atoms with Crippen LogP contribution in [0.25, 0.3) is 0 Å². The average molecular weight is 501 g/mol. The lowest BCUT2D eigenvalue weighted by molar-refractivity contribution is -0.143. The number of benzene rings is 2. The molecule has 0 aliphatic heterocycles. The summed E-state index contributed by atoms with van der Waals surface area (Å²) in [4.78, 5) is 37.0. The van der Waals surface area contributed by atoms with E-state index in [1.807, 2.05) is 19.9 Å². The van der Waals surface area contributed by atoms with Gasteiger partial charge in [-0.05, 0) is 62.1 Å². The molecule has 1 unspecified atom stereocenters. The lowest BCUT2D eigenvalue weighted by Crippen LogP contribution is -2.41. The molecule has 4 N–H and O–H groups in total. The Labute approximate surface area is 211 Å². The first kappa shape index (κ1) is 28.6. The van der Waals surface area contributed by atoms with Crippen molar-refractivity contribution in [2.45, 2.75) is 58.0 Å². The Morgan fingerprint density at radius 3 is 2.42 bits per heavy atom. The third-order valence-corrected chi connectivity index (χ3v) is 6.00. The molecule has 2 aromatic carbocycles. The summed E-state index contributed by atoms with van der Waals surface area (Å²) < 4.78 is 10.1. The maximum atomic E-state index is 13.4. The van der Waals surface area contributed by atoms with Crippen molar-refractivity contribution >= 4 is 23.4 Å². The summed E-state index contributed by atoms with van der Waals surface area (Å²) in [6, 6.07) is 10.2. The van der Waals surface area contributed by atoms with Gasteiger partial charge in [0.2, 0.25) is 0 Å². The van der Waals surface area contributed by atoms with Crippen LogP contribution in [0.1, 0.15) is 56.5 Å². The molecule has 2 atom stereocenters. The van der Waals surface area contributed by atoms with Crippen molar-refractivity contribution in [2.75, 3.05) is 25.6 Å². The maximum absolute atomic E-state index is 13.4. The molecule has 0 saturated heterocycles. The largest absolute Gasteiger partial charge is 0.504 e. The minimum absolute atomic E-state index is 0.0381. The number of carbonyl (C=O) groups is 3. The third-order valence-electron chi connectivity index (χ3n) is 6.00. The highest BCUT2D eigenvalue weighted by Gasteiger charge is 2.27. The number of Topliss-reactive ketones (excluding diaryl/α,β-unsaturated/α-hetero) is 1. The first-order valence-corrected chi connectivity index (χ1v) is 11.9. The number of methoxy groups -OCH3 is 1. The normalized spacial score (nSPS) is 12.9. The number of aliphatic carboxylic acids is 1. The third kappa shape index (κ3) is 7.71. The molecule has 0 aliphatic carbocycles. The van der Waals surface area contributed by atoms with Gasteiger partial charge in [0.1, 0.15) is 6.04 Å². The smallest absolute Gasteiger partial charge is 0.328 e. The number of phenols is 1. The number of ketones is 1. The zero-order valence-corrected chi connectivity index (χ0v) is 21.5. The molecule has 0 saturated carbocycles. The van der Waals surface area contributed by atoms with Crippen molar-refractivity contribution in [1.82, 2.24) is 5.32 Å². The highest BCUT2D eigenvalue weighted by molar-refractivity contribution is 6.06. The molecule has 9 heteroatoms. The van der Waals surface area contributed by atoms with Gasteiger partial charge >= 0.3 is 11.9 Å². The molecule has 0 amide bonds. The van der Waals surface area contributed by atoms with E-state index in [9.17, 15) is 24.6 Å². The van der Waals surface area contributed by atoms with Crippen molar-refractivity contribution in [1.29, 1.82) is 0 Å². The highest BCUT2D eigenvalue weighted by atomic mass is 16.5. The molecule has 0 heterocycles. The zero-order chi connectivity index (χ0) is 26.9. The van der Waals surface area contributed by atoms with Crippen LogP contribution >= 0.6 is 0 Å². The van der Waals surface area contributed by atoms with E-state index in [1.165, 1.54) is 7.11 Å². The molecular formula is C27H36N2O7. The molecule has 196 valence electrons. The number of carboxylic acids is 1. The summed E-state index contributed by atoms with van der Waals surface area (Å²) >= 11 is 0. The van der Waals surface area contributed by atoms with Gasteiger partial charge in [0.15, 0.2) is 17.3 Å². The highest BCUT2D eigenvalue weighted by Crippen LogP contribution is 2.34. The number of carbonyl (C=O) groups excluding carboxylic acids is 2. The minimum atomic E-state index is -1.11. The summed E-state index contributed by atoms with van der Waals surface area (Å²) in [6.07, 6.45) is 0.173. The van der Waals surface area contributed by atoms with Gasteiger partial charge in [-0.15, -0.1) is 0 Å². The van der Waals surface area contributed by atoms with E-state index in [0.717, 1.165) is 5.56 Å². The van der Waals surface area contributed by atoms with Crippen LogP contribution in [0, 0.1) is 0 Å². The molecule has 0 aliphatic rings. The Hall–Kier alpha value is -3.59. The topological polar surface area (TPSA) is 134 Å². The second kappa shape index (κ2) is 12.9. The van der Waals surface area contributed by atoms with Crippen LogP contribution in [0.2, 0.25) is 0 Å². The quantitative estimate of drug-likeness (QED) is 0.226. The number of ether oxygens (including phenoxy) is 2. The standard InChI is InChI=1S/C27H36N2O7/c1-6-36-26(34)17(2)29-20-10-8-7-9-19(20)25(33)21(16-24(31)32)28-14-13-27(3,4)18-11-12-23(35-5)22(30)15-18/h7-12,15,17,21,28-30H,6,13-14,16H2,1-5H3,(H,31,32)/t17?,21-/m0/s1. The van der Waals surface area contributed by atoms with E-state index in [0.29, 0.717) is 24.4 Å². The number of hydrogen-bond donors (Lipinski definition) is 4. The van der Waals surface area contributed by atoms with Crippen LogP contribution in [0.4, 0.5) is 5.69 Å². The Morgan fingerprint density at radius 1 is 1.11 bits per heavy atom. The number of nitrogens with one attached hydrogen (secondary N) is 2. The summed E-state index contributed by atoms with van der Waals surface area (Å²) in [6.45, 7) is 7.94. The first-order valence-electron chi connectivity index (χ1n) is 11.9. The molecule has 0 aromatic heterocycles. The van der Waals surface area contributed by atoms with E-state index in [4.69, 9.17) is 9.47 Å². The molecule has 0 radical (unpaired) electrons. The number of rotatable bonds is 14. The summed E-state index contributed by atoms with van der Waals surface area (Å²) in [5.41, 5.74) is 1.22. The number of esters is 1. The van der Waals surface area contributed by atoms with Crippen molar-refractivity contribution in [3.8, 4) is 11.5 Å². The van der Waals surface area contributed by atoms with Crippen LogP contribution in [0.15, 0.2) is 42.5 Å². The molecule has 2 aromatic rings. The van der Waals surface area contributed by atoms with Gasteiger partial charge in [0.05, 0.1) is 26.2 Å². The van der Waals surface area contributed by atoms with Gasteiger partial charge in [-0.1, -0.05) is 32.0 Å². The Bertz CT molecular complexity index is 1070. The van der Waals surface area contributed by atoms with E-state index >= 15 is 0 Å². The fraction of sp³-hybridized carbons (Fsp3) is 0.444. The van der Waals surface area contributed by atoms with E-state index < -0.39 is 36.2 Å². The second-order valence-electron chi connectivity index (χ2n) is 9.15. The van der Waals surface area contributed by atoms with Crippen LogP contribution in [-0.4, -0.2) is 60.3 Å². The predicted molar refractivity (Wildman–Crippen MR) is 137 cm³/mol. The monoisotopic (exact) mass is 500 g/mol. The number of hydrogen-bond acceptors (Lipinski definition) is 8. The molecular weight excluding hydrogens is 464 g/mol.